The van der Waals surface area contributed by atoms with Crippen LogP contribution in [0.1, 0.15) is 44.2 Å². The number of nitrogens with two attached hydrogens (primary N) is 2. The Balaban J connectivity index is 1.62. The smallest absolute Gasteiger partial charge is 0.225 e. The maximum atomic E-state index is 12.7. The van der Waals surface area contributed by atoms with Crippen LogP contribution in [0.5, 0.6) is 0 Å². The molecule has 2 aromatic carbocycles. The molecular formula is C21H28N4O3S. The number of amides is 1. The Morgan fingerprint density at radius 1 is 1.03 bits per heavy atom. The topological polar surface area (TPSA) is 119 Å². The number of rotatable bonds is 6. The van der Waals surface area contributed by atoms with Crippen molar-refractivity contribution in [3.05, 3.63) is 54.1 Å². The molecule has 0 radical (unpaired) electrons. The van der Waals surface area contributed by atoms with Crippen LogP contribution in [-0.4, -0.2) is 20.4 Å². The Hall–Kier alpha value is -2.74. The number of hydrogen-bond donors (Lipinski definition) is 4. The summed E-state index contributed by atoms with van der Waals surface area (Å²) in [6.07, 6.45) is 2.51. The minimum atomic E-state index is -2.82. The molecule has 1 aliphatic carbocycles. The molecule has 0 spiro atoms. The second-order valence-corrected chi connectivity index (χ2v) is 8.45. The quantitative estimate of drug-likeness (QED) is 0.426. The molecule has 2 aromatic rings. The molecule has 156 valence electrons. The van der Waals surface area contributed by atoms with Gasteiger partial charge in [0, 0.05) is 12.0 Å². The molecular weight excluding hydrogens is 388 g/mol. The van der Waals surface area contributed by atoms with Crippen molar-refractivity contribution in [3.63, 3.8) is 0 Å². The number of hydrogen-bond acceptors (Lipinski definition) is 5. The molecule has 0 aromatic heterocycles. The van der Waals surface area contributed by atoms with Crippen LogP contribution in [0.4, 0.5) is 17.1 Å². The summed E-state index contributed by atoms with van der Waals surface area (Å²) in [6, 6.07) is 14.4. The van der Waals surface area contributed by atoms with Gasteiger partial charge in [0.25, 0.3) is 0 Å². The van der Waals surface area contributed by atoms with Crippen molar-refractivity contribution in [1.29, 1.82) is 0 Å². The molecule has 0 aliphatic heterocycles. The summed E-state index contributed by atoms with van der Waals surface area (Å²) < 4.78 is 25.2. The van der Waals surface area contributed by atoms with Crippen molar-refractivity contribution in [1.82, 2.24) is 5.32 Å². The molecule has 1 aliphatic rings. The van der Waals surface area contributed by atoms with E-state index in [0.717, 1.165) is 5.56 Å². The first-order valence-corrected chi connectivity index (χ1v) is 10.9. The van der Waals surface area contributed by atoms with Gasteiger partial charge < -0.3 is 16.8 Å². The van der Waals surface area contributed by atoms with Gasteiger partial charge in [0.2, 0.25) is 16.8 Å². The molecule has 0 saturated heterocycles. The number of carbonyl (C=O) groups excluding carboxylic acids is 1. The fourth-order valence-corrected chi connectivity index (χ4v) is 4.69. The Bertz CT molecular complexity index is 917. The van der Waals surface area contributed by atoms with E-state index in [-0.39, 0.29) is 23.9 Å². The number of thiol groups is 1. The van der Waals surface area contributed by atoms with Gasteiger partial charge in [-0.3, -0.25) is 9.10 Å². The van der Waals surface area contributed by atoms with E-state index in [4.69, 9.17) is 11.5 Å². The molecule has 1 fully saturated rings. The van der Waals surface area contributed by atoms with Crippen molar-refractivity contribution < 1.29 is 13.2 Å². The minimum absolute atomic E-state index is 0.0228. The first kappa shape index (κ1) is 21.0. The van der Waals surface area contributed by atoms with Crippen molar-refractivity contribution in [2.24, 2.45) is 5.92 Å². The normalized spacial score (nSPS) is 20.2. The molecule has 5 N–H and O–H groups in total. The first-order valence-electron chi connectivity index (χ1n) is 9.80. The second-order valence-electron chi connectivity index (χ2n) is 7.54. The SMILES string of the molecule is C[C@@H](NC(=O)C1CCC(N(c2ccc(N)c(N)c2)[SH](=O)=O)CC1)c1ccccc1. The fraction of sp³-hybridized carbons (Fsp3) is 0.381. The van der Waals surface area contributed by atoms with E-state index in [1.807, 2.05) is 37.3 Å². The lowest BCUT2D eigenvalue weighted by Crippen LogP contribution is -2.41. The van der Waals surface area contributed by atoms with Crippen LogP contribution in [0.3, 0.4) is 0 Å². The highest BCUT2D eigenvalue weighted by Gasteiger charge is 2.31. The van der Waals surface area contributed by atoms with E-state index in [1.165, 1.54) is 4.31 Å². The van der Waals surface area contributed by atoms with Gasteiger partial charge >= 0.3 is 0 Å². The van der Waals surface area contributed by atoms with Crippen molar-refractivity contribution in [2.75, 3.05) is 15.8 Å². The summed E-state index contributed by atoms with van der Waals surface area (Å²) in [6.45, 7) is 1.97. The largest absolute Gasteiger partial charge is 0.397 e. The third-order valence-electron chi connectivity index (χ3n) is 5.58. The zero-order valence-corrected chi connectivity index (χ0v) is 17.3. The summed E-state index contributed by atoms with van der Waals surface area (Å²) in [5.74, 6) is -0.0881. The van der Waals surface area contributed by atoms with Crippen LogP contribution in [-0.2, 0) is 15.7 Å². The van der Waals surface area contributed by atoms with Crippen LogP contribution in [0.2, 0.25) is 0 Å². The zero-order chi connectivity index (χ0) is 21.0. The highest BCUT2D eigenvalue weighted by molar-refractivity contribution is 7.74. The maximum absolute atomic E-state index is 12.7. The predicted octanol–water partition coefficient (Wildman–Crippen LogP) is 2.62. The lowest BCUT2D eigenvalue weighted by molar-refractivity contribution is -0.126. The number of benzene rings is 2. The lowest BCUT2D eigenvalue weighted by atomic mass is 9.85. The summed E-state index contributed by atoms with van der Waals surface area (Å²) in [4.78, 5) is 12.7. The first-order chi connectivity index (χ1) is 13.9. The number of nitrogens with one attached hydrogen (secondary N) is 1. The minimum Gasteiger partial charge on any atom is -0.397 e. The molecule has 8 heteroatoms. The number of anilines is 3. The molecule has 3 rings (SSSR count). The zero-order valence-electron chi connectivity index (χ0n) is 16.5. The van der Waals surface area contributed by atoms with Gasteiger partial charge in [0.05, 0.1) is 23.1 Å². The Labute approximate surface area is 173 Å². The van der Waals surface area contributed by atoms with E-state index >= 15 is 0 Å². The number of nitrogen functional groups attached to an aromatic ring is 2. The highest BCUT2D eigenvalue weighted by atomic mass is 32.2. The van der Waals surface area contributed by atoms with Gasteiger partial charge in [-0.05, 0) is 56.4 Å². The molecule has 0 unspecified atom stereocenters. The van der Waals surface area contributed by atoms with Crippen LogP contribution in [0.25, 0.3) is 0 Å². The van der Waals surface area contributed by atoms with E-state index in [9.17, 15) is 13.2 Å². The van der Waals surface area contributed by atoms with Crippen LogP contribution in [0.15, 0.2) is 48.5 Å². The van der Waals surface area contributed by atoms with Crippen molar-refractivity contribution >= 4 is 33.9 Å². The predicted molar refractivity (Wildman–Crippen MR) is 117 cm³/mol. The van der Waals surface area contributed by atoms with Gasteiger partial charge in [-0.15, -0.1) is 0 Å². The van der Waals surface area contributed by atoms with E-state index in [2.05, 4.69) is 5.32 Å². The number of carbonyl (C=O) groups is 1. The van der Waals surface area contributed by atoms with E-state index in [1.54, 1.807) is 18.2 Å². The van der Waals surface area contributed by atoms with Crippen molar-refractivity contribution in [3.8, 4) is 0 Å². The molecule has 1 saturated carbocycles. The van der Waals surface area contributed by atoms with Gasteiger partial charge in [-0.2, -0.15) is 0 Å². The molecule has 7 nitrogen and oxygen atoms in total. The highest BCUT2D eigenvalue weighted by Crippen LogP contribution is 2.33. The Morgan fingerprint density at radius 2 is 1.69 bits per heavy atom. The summed E-state index contributed by atoms with van der Waals surface area (Å²) >= 11 is 0. The van der Waals surface area contributed by atoms with Gasteiger partial charge in [0.15, 0.2) is 0 Å². The van der Waals surface area contributed by atoms with E-state index in [0.29, 0.717) is 42.7 Å². The van der Waals surface area contributed by atoms with Crippen molar-refractivity contribution in [2.45, 2.75) is 44.7 Å². The molecule has 1 amide bonds. The maximum Gasteiger partial charge on any atom is 0.225 e. The Morgan fingerprint density at radius 3 is 2.28 bits per heavy atom. The summed E-state index contributed by atoms with van der Waals surface area (Å²) in [5, 5.41) is 3.08. The average molecular weight is 417 g/mol. The fourth-order valence-electron chi connectivity index (χ4n) is 3.88. The lowest BCUT2D eigenvalue weighted by Gasteiger charge is -2.34. The van der Waals surface area contributed by atoms with Gasteiger partial charge in [-0.25, -0.2) is 8.42 Å². The standard InChI is InChI=1S/C21H28N4O3S/c1-14(15-5-3-2-4-6-15)24-21(26)16-7-9-17(10-8-16)25(29(27)28)18-11-12-19(22)20(23)13-18/h2-6,11-14,16-17,29H,7-10,22-23H2,1H3,(H,24,26)/t14-,16?,17?/m1/s1. The summed E-state index contributed by atoms with van der Waals surface area (Å²) in [5.41, 5.74) is 13.9. The molecule has 0 bridgehead atoms. The third kappa shape index (κ3) is 5.00. The second kappa shape index (κ2) is 9.17. The van der Waals surface area contributed by atoms with Gasteiger partial charge in [0.1, 0.15) is 0 Å². The van der Waals surface area contributed by atoms with Crippen LogP contribution < -0.4 is 21.1 Å². The van der Waals surface area contributed by atoms with Crippen LogP contribution in [0, 0.1) is 5.92 Å². The summed E-state index contributed by atoms with van der Waals surface area (Å²) in [7, 11) is -2.82. The average Bonchev–Trinajstić information content (AvgIpc) is 2.71. The monoisotopic (exact) mass is 416 g/mol. The number of nitrogens with zero attached hydrogens (tertiary/aromatic N) is 1. The van der Waals surface area contributed by atoms with E-state index < -0.39 is 10.9 Å². The molecule has 1 atom stereocenters. The van der Waals surface area contributed by atoms with Crippen LogP contribution >= 0.6 is 0 Å². The molecule has 29 heavy (non-hydrogen) atoms. The Kier molecular flexibility index (Phi) is 6.64. The van der Waals surface area contributed by atoms with Gasteiger partial charge in [-0.1, -0.05) is 30.3 Å². The third-order valence-corrected chi connectivity index (χ3v) is 6.49. The molecule has 0 heterocycles.